The van der Waals surface area contributed by atoms with Gasteiger partial charge >= 0.3 is 0 Å². The smallest absolute Gasteiger partial charge is 0.224 e. The van der Waals surface area contributed by atoms with Gasteiger partial charge in [0.25, 0.3) is 0 Å². The quantitative estimate of drug-likeness (QED) is 0.400. The van der Waals surface area contributed by atoms with Gasteiger partial charge in [0.05, 0.1) is 23.9 Å². The molecule has 0 saturated carbocycles. The van der Waals surface area contributed by atoms with E-state index in [1.807, 2.05) is 38.1 Å². The van der Waals surface area contributed by atoms with Crippen LogP contribution < -0.4 is 21.8 Å². The fraction of sp³-hybridized carbons (Fsp3) is 0.448. The molecule has 1 atom stereocenters. The summed E-state index contributed by atoms with van der Waals surface area (Å²) in [5.74, 6) is 0.0178. The van der Waals surface area contributed by atoms with Crippen molar-refractivity contribution in [2.75, 3.05) is 32.4 Å². The summed E-state index contributed by atoms with van der Waals surface area (Å²) >= 11 is 0. The zero-order valence-electron chi connectivity index (χ0n) is 22.8. The summed E-state index contributed by atoms with van der Waals surface area (Å²) in [4.78, 5) is 45.0. The number of likely N-dealkylation sites (tertiary alicyclic amines) is 1. The van der Waals surface area contributed by atoms with Crippen LogP contribution in [0.25, 0.3) is 22.3 Å². The molecule has 1 saturated heterocycles. The van der Waals surface area contributed by atoms with Crippen LogP contribution in [0.4, 0.5) is 5.82 Å². The molecule has 1 aromatic carbocycles. The van der Waals surface area contributed by atoms with Crippen LogP contribution in [0.1, 0.15) is 43.4 Å². The van der Waals surface area contributed by atoms with E-state index in [0.29, 0.717) is 42.3 Å². The van der Waals surface area contributed by atoms with Gasteiger partial charge in [0, 0.05) is 37.3 Å². The fourth-order valence-corrected chi connectivity index (χ4v) is 5.35. The Morgan fingerprint density at radius 1 is 1.11 bits per heavy atom. The molecule has 38 heavy (non-hydrogen) atoms. The maximum atomic E-state index is 13.1. The van der Waals surface area contributed by atoms with Gasteiger partial charge in [-0.15, -0.1) is 0 Å². The maximum absolute atomic E-state index is 13.1. The molecule has 1 aliphatic heterocycles. The summed E-state index contributed by atoms with van der Waals surface area (Å²) in [5.41, 5.74) is 10.4. The Hall–Kier alpha value is -3.72. The molecule has 1 unspecified atom stereocenters. The Bertz CT molecular complexity index is 1410. The molecular formula is C29H38N6O3. The molecule has 4 N–H and O–H groups in total. The first kappa shape index (κ1) is 27.3. The predicted molar refractivity (Wildman–Crippen MR) is 151 cm³/mol. The largest absolute Gasteiger partial charge is 0.385 e. The minimum atomic E-state index is -0.276. The number of aryl methyl sites for hydroxylation is 2. The van der Waals surface area contributed by atoms with Crippen molar-refractivity contribution in [1.82, 2.24) is 25.1 Å². The van der Waals surface area contributed by atoms with Gasteiger partial charge in [0.15, 0.2) is 5.43 Å². The normalized spacial score (nSPS) is 15.6. The summed E-state index contributed by atoms with van der Waals surface area (Å²) < 4.78 is 1.77. The van der Waals surface area contributed by atoms with Crippen LogP contribution in [0.3, 0.4) is 0 Å². The number of hydrogen-bond donors (Lipinski definition) is 3. The average Bonchev–Trinajstić information content (AvgIpc) is 3.38. The van der Waals surface area contributed by atoms with Gasteiger partial charge in [-0.1, -0.05) is 19.1 Å². The van der Waals surface area contributed by atoms with Crippen LogP contribution in [0.5, 0.6) is 0 Å². The number of amides is 2. The van der Waals surface area contributed by atoms with Gasteiger partial charge in [-0.2, -0.15) is 0 Å². The summed E-state index contributed by atoms with van der Waals surface area (Å²) in [6.45, 7) is 9.40. The van der Waals surface area contributed by atoms with Crippen molar-refractivity contribution in [3.63, 3.8) is 0 Å². The second kappa shape index (κ2) is 11.8. The lowest BCUT2D eigenvalue weighted by molar-refractivity contribution is -0.121. The van der Waals surface area contributed by atoms with Crippen LogP contribution in [0.2, 0.25) is 0 Å². The van der Waals surface area contributed by atoms with E-state index in [4.69, 9.17) is 10.7 Å². The molecule has 1 aliphatic rings. The average molecular weight is 519 g/mol. The Morgan fingerprint density at radius 3 is 2.58 bits per heavy atom. The highest BCUT2D eigenvalue weighted by Crippen LogP contribution is 2.25. The molecule has 0 spiro atoms. The van der Waals surface area contributed by atoms with E-state index in [1.54, 1.807) is 10.6 Å². The molecular weight excluding hydrogens is 480 g/mol. The molecule has 9 nitrogen and oxygen atoms in total. The van der Waals surface area contributed by atoms with E-state index >= 15 is 0 Å². The highest BCUT2D eigenvalue weighted by Gasteiger charge is 2.23. The number of rotatable bonds is 9. The van der Waals surface area contributed by atoms with Crippen molar-refractivity contribution in [2.24, 2.45) is 0 Å². The van der Waals surface area contributed by atoms with Crippen molar-refractivity contribution in [2.45, 2.75) is 59.0 Å². The van der Waals surface area contributed by atoms with Crippen molar-refractivity contribution >= 4 is 28.7 Å². The first-order chi connectivity index (χ1) is 18.3. The number of aromatic nitrogens is 2. The number of likely N-dealkylation sites (N-methyl/N-ethyl adjacent to an activating group) is 2. The molecule has 0 bridgehead atoms. The van der Waals surface area contributed by atoms with Crippen molar-refractivity contribution in [1.29, 1.82) is 0 Å². The first-order valence-electron chi connectivity index (χ1n) is 13.4. The van der Waals surface area contributed by atoms with E-state index in [2.05, 4.69) is 22.5 Å². The fourth-order valence-electron chi connectivity index (χ4n) is 5.35. The molecule has 9 heteroatoms. The van der Waals surface area contributed by atoms with E-state index < -0.39 is 0 Å². The SMILES string of the molecule is CCN1CCCC1CNC(=O)Cc1ccc(-c2ccc3c(=O)c(CC(=O)NC)c(N)n(CC)c3n2)cc1C. The minimum Gasteiger partial charge on any atom is -0.385 e. The van der Waals surface area contributed by atoms with E-state index in [0.717, 1.165) is 36.2 Å². The Morgan fingerprint density at radius 2 is 1.89 bits per heavy atom. The molecule has 2 amide bonds. The lowest BCUT2D eigenvalue weighted by atomic mass is 10.00. The number of carbonyl (C=O) groups is 2. The number of anilines is 1. The third-order valence-corrected chi connectivity index (χ3v) is 7.61. The number of nitrogens with one attached hydrogen (secondary N) is 2. The molecule has 3 heterocycles. The third kappa shape index (κ3) is 5.57. The molecule has 4 rings (SSSR count). The van der Waals surface area contributed by atoms with Crippen LogP contribution in [-0.4, -0.2) is 59.0 Å². The van der Waals surface area contributed by atoms with Gasteiger partial charge in [-0.25, -0.2) is 4.98 Å². The van der Waals surface area contributed by atoms with Crippen molar-refractivity contribution in [3.05, 3.63) is 57.2 Å². The van der Waals surface area contributed by atoms with Gasteiger partial charge in [0.1, 0.15) is 11.5 Å². The molecule has 1 fully saturated rings. The summed E-state index contributed by atoms with van der Waals surface area (Å²) in [6, 6.07) is 9.93. The highest BCUT2D eigenvalue weighted by molar-refractivity contribution is 5.85. The monoisotopic (exact) mass is 518 g/mol. The van der Waals surface area contributed by atoms with Crippen molar-refractivity contribution < 1.29 is 9.59 Å². The predicted octanol–water partition coefficient (Wildman–Crippen LogP) is 2.41. The second-order valence-corrected chi connectivity index (χ2v) is 9.90. The van der Waals surface area contributed by atoms with Gasteiger partial charge in [-0.05, 0) is 69.1 Å². The first-order valence-corrected chi connectivity index (χ1v) is 13.4. The second-order valence-electron chi connectivity index (χ2n) is 9.90. The number of benzene rings is 1. The summed E-state index contributed by atoms with van der Waals surface area (Å²) in [5, 5.41) is 6.08. The minimum absolute atomic E-state index is 0.0302. The molecule has 0 aliphatic carbocycles. The number of hydrogen-bond acceptors (Lipinski definition) is 6. The maximum Gasteiger partial charge on any atom is 0.224 e. The molecule has 0 radical (unpaired) electrons. The van der Waals surface area contributed by atoms with E-state index in [9.17, 15) is 14.4 Å². The lowest BCUT2D eigenvalue weighted by Gasteiger charge is -2.23. The number of nitrogens with two attached hydrogens (primary N) is 1. The van der Waals surface area contributed by atoms with Gasteiger partial charge in [-0.3, -0.25) is 19.3 Å². The van der Waals surface area contributed by atoms with Crippen LogP contribution in [0.15, 0.2) is 35.1 Å². The van der Waals surface area contributed by atoms with Crippen LogP contribution in [0, 0.1) is 6.92 Å². The third-order valence-electron chi connectivity index (χ3n) is 7.61. The molecule has 202 valence electrons. The number of nitrogens with zero attached hydrogens (tertiary/aromatic N) is 3. The summed E-state index contributed by atoms with van der Waals surface area (Å²) in [7, 11) is 1.53. The standard InChI is InChI=1S/C29H38N6O3/c1-5-34-13-7-8-21(34)17-32-26(37)15-19-9-10-20(14-18(19)3)24-12-11-22-27(38)23(16-25(36)31-4)28(30)35(6-2)29(22)33-24/h9-12,14,21H,5-8,13,15-17,30H2,1-4H3,(H,31,36)(H,32,37). The van der Waals surface area contributed by atoms with Gasteiger partial charge in [0.2, 0.25) is 11.8 Å². The van der Waals surface area contributed by atoms with Crippen LogP contribution >= 0.6 is 0 Å². The van der Waals surface area contributed by atoms with Crippen molar-refractivity contribution in [3.8, 4) is 11.3 Å². The number of pyridine rings is 2. The molecule has 2 aromatic heterocycles. The number of carbonyl (C=O) groups excluding carboxylic acids is 2. The Balaban J connectivity index is 1.56. The zero-order valence-corrected chi connectivity index (χ0v) is 22.8. The lowest BCUT2D eigenvalue weighted by Crippen LogP contribution is -2.40. The summed E-state index contributed by atoms with van der Waals surface area (Å²) in [6.07, 6.45) is 2.57. The van der Waals surface area contributed by atoms with Gasteiger partial charge < -0.3 is 20.9 Å². The Labute approximate surface area is 223 Å². The highest BCUT2D eigenvalue weighted by atomic mass is 16.2. The van der Waals surface area contributed by atoms with E-state index in [1.165, 1.54) is 13.5 Å². The molecule has 3 aromatic rings. The van der Waals surface area contributed by atoms with Crippen LogP contribution in [-0.2, 0) is 29.0 Å². The Kier molecular flexibility index (Phi) is 8.46. The topological polar surface area (TPSA) is 122 Å². The number of nitrogen functional groups attached to an aromatic ring is 1. The van der Waals surface area contributed by atoms with E-state index in [-0.39, 0.29) is 35.0 Å². The zero-order chi connectivity index (χ0) is 27.4. The number of fused-ring (bicyclic) bond motifs is 1.